The second-order valence-corrected chi connectivity index (χ2v) is 5.02. The number of nitrogens with one attached hydrogen (secondary N) is 1. The fraction of sp³-hybridized carbons (Fsp3) is 0.538. The lowest BCUT2D eigenvalue weighted by atomic mass is 9.81. The third-order valence-electron chi connectivity index (χ3n) is 3.57. The van der Waals surface area contributed by atoms with Crippen LogP contribution in [0.2, 0.25) is 5.02 Å². The average molecular weight is 240 g/mol. The van der Waals surface area contributed by atoms with Crippen LogP contribution in [0.3, 0.4) is 0 Å². The van der Waals surface area contributed by atoms with E-state index in [2.05, 4.69) is 12.2 Å². The van der Waals surface area contributed by atoms with Crippen molar-refractivity contribution in [3.05, 3.63) is 28.8 Å². The third kappa shape index (κ3) is 2.50. The molecule has 2 N–H and O–H groups in total. The van der Waals surface area contributed by atoms with Gasteiger partial charge in [-0.25, -0.2) is 0 Å². The first-order chi connectivity index (χ1) is 7.68. The van der Waals surface area contributed by atoms with Gasteiger partial charge in [0.25, 0.3) is 0 Å². The summed E-state index contributed by atoms with van der Waals surface area (Å²) in [5.74, 6) is 1.39. The monoisotopic (exact) mass is 239 g/mol. The van der Waals surface area contributed by atoms with Gasteiger partial charge >= 0.3 is 0 Å². The molecule has 0 spiro atoms. The molecule has 1 aliphatic rings. The summed E-state index contributed by atoms with van der Waals surface area (Å²) in [7, 11) is 0. The maximum absolute atomic E-state index is 9.86. The van der Waals surface area contributed by atoms with E-state index in [1.54, 1.807) is 12.1 Å². The van der Waals surface area contributed by atoms with Gasteiger partial charge < -0.3 is 10.4 Å². The van der Waals surface area contributed by atoms with Crippen molar-refractivity contribution in [1.29, 1.82) is 0 Å². The normalized spacial score (nSPS) is 19.6. The standard InChI is InChI=1S/C13H18ClNO/c1-9(10-4-6-15-7-5-10)12-8-11(14)2-3-13(12)16/h2-3,8-10,15-16H,4-7H2,1H3. The van der Waals surface area contributed by atoms with E-state index in [9.17, 15) is 5.11 Å². The van der Waals surface area contributed by atoms with Gasteiger partial charge in [-0.3, -0.25) is 0 Å². The molecule has 0 aromatic heterocycles. The number of rotatable bonds is 2. The van der Waals surface area contributed by atoms with Crippen molar-refractivity contribution in [2.75, 3.05) is 13.1 Å². The Kier molecular flexibility index (Phi) is 3.72. The van der Waals surface area contributed by atoms with Crippen molar-refractivity contribution in [2.24, 2.45) is 5.92 Å². The van der Waals surface area contributed by atoms with Gasteiger partial charge in [-0.05, 0) is 61.5 Å². The van der Waals surface area contributed by atoms with E-state index in [4.69, 9.17) is 11.6 Å². The first-order valence-corrected chi connectivity index (χ1v) is 6.25. The molecule has 1 aliphatic heterocycles. The fourth-order valence-electron chi connectivity index (χ4n) is 2.49. The number of benzene rings is 1. The van der Waals surface area contributed by atoms with Crippen LogP contribution in [0.1, 0.15) is 31.2 Å². The lowest BCUT2D eigenvalue weighted by Crippen LogP contribution is -2.30. The highest BCUT2D eigenvalue weighted by Crippen LogP contribution is 2.36. The molecule has 1 aromatic carbocycles. The number of hydrogen-bond donors (Lipinski definition) is 2. The maximum Gasteiger partial charge on any atom is 0.119 e. The molecule has 88 valence electrons. The lowest BCUT2D eigenvalue weighted by molar-refractivity contribution is 0.324. The quantitative estimate of drug-likeness (QED) is 0.831. The average Bonchev–Trinajstić information content (AvgIpc) is 2.32. The zero-order chi connectivity index (χ0) is 11.5. The minimum atomic E-state index is 0.371. The summed E-state index contributed by atoms with van der Waals surface area (Å²) in [6, 6.07) is 5.31. The van der Waals surface area contributed by atoms with Crippen molar-refractivity contribution < 1.29 is 5.11 Å². The van der Waals surface area contributed by atoms with Gasteiger partial charge in [-0.1, -0.05) is 18.5 Å². The van der Waals surface area contributed by atoms with E-state index in [-0.39, 0.29) is 0 Å². The molecule has 1 unspecified atom stereocenters. The number of halogens is 1. The van der Waals surface area contributed by atoms with Crippen LogP contribution < -0.4 is 5.32 Å². The van der Waals surface area contributed by atoms with E-state index in [0.717, 1.165) is 18.7 Å². The Balaban J connectivity index is 2.18. The van der Waals surface area contributed by atoms with Crippen molar-refractivity contribution >= 4 is 11.6 Å². The Labute approximate surface area is 102 Å². The van der Waals surface area contributed by atoms with Crippen LogP contribution in [-0.2, 0) is 0 Å². The SMILES string of the molecule is CC(c1cc(Cl)ccc1O)C1CCNCC1. The summed E-state index contributed by atoms with van der Waals surface area (Å²) in [6.07, 6.45) is 2.35. The fourth-order valence-corrected chi connectivity index (χ4v) is 2.67. The number of phenols is 1. The first kappa shape index (κ1) is 11.7. The maximum atomic E-state index is 9.86. The van der Waals surface area contributed by atoms with Crippen molar-refractivity contribution in [3.8, 4) is 5.75 Å². The van der Waals surface area contributed by atoms with Crippen LogP contribution in [0, 0.1) is 5.92 Å². The molecule has 1 fully saturated rings. The Morgan fingerprint density at radius 2 is 2.06 bits per heavy atom. The van der Waals surface area contributed by atoms with Crippen LogP contribution in [0.15, 0.2) is 18.2 Å². The summed E-state index contributed by atoms with van der Waals surface area (Å²) in [6.45, 7) is 4.34. The molecule has 0 bridgehead atoms. The van der Waals surface area contributed by atoms with Crippen LogP contribution in [0.4, 0.5) is 0 Å². The molecule has 1 aromatic rings. The van der Waals surface area contributed by atoms with Crippen LogP contribution in [-0.4, -0.2) is 18.2 Å². The van der Waals surface area contributed by atoms with E-state index in [0.29, 0.717) is 22.6 Å². The molecule has 0 amide bonds. The highest BCUT2D eigenvalue weighted by atomic mass is 35.5. The van der Waals surface area contributed by atoms with Gasteiger partial charge in [-0.2, -0.15) is 0 Å². The predicted octanol–water partition coefficient (Wildman–Crippen LogP) is 3.15. The van der Waals surface area contributed by atoms with E-state index < -0.39 is 0 Å². The Hall–Kier alpha value is -0.730. The molecule has 2 rings (SSSR count). The molecule has 0 saturated carbocycles. The topological polar surface area (TPSA) is 32.3 Å². The lowest BCUT2D eigenvalue weighted by Gasteiger charge is -2.29. The Bertz CT molecular complexity index is 361. The highest BCUT2D eigenvalue weighted by molar-refractivity contribution is 6.30. The number of aromatic hydroxyl groups is 1. The molecule has 0 radical (unpaired) electrons. The van der Waals surface area contributed by atoms with Gasteiger partial charge in [0.2, 0.25) is 0 Å². The van der Waals surface area contributed by atoms with E-state index in [1.807, 2.05) is 6.07 Å². The summed E-state index contributed by atoms with van der Waals surface area (Å²) >= 11 is 5.98. The molecular weight excluding hydrogens is 222 g/mol. The minimum absolute atomic E-state index is 0.371. The second-order valence-electron chi connectivity index (χ2n) is 4.58. The zero-order valence-corrected chi connectivity index (χ0v) is 10.3. The first-order valence-electron chi connectivity index (χ1n) is 5.87. The summed E-state index contributed by atoms with van der Waals surface area (Å²) in [4.78, 5) is 0. The van der Waals surface area contributed by atoms with Crippen molar-refractivity contribution in [3.63, 3.8) is 0 Å². The van der Waals surface area contributed by atoms with Gasteiger partial charge in [0.1, 0.15) is 5.75 Å². The zero-order valence-electron chi connectivity index (χ0n) is 9.54. The van der Waals surface area contributed by atoms with E-state index in [1.165, 1.54) is 12.8 Å². The van der Waals surface area contributed by atoms with E-state index >= 15 is 0 Å². The summed E-state index contributed by atoms with van der Waals surface area (Å²) in [5.41, 5.74) is 0.986. The number of phenolic OH excluding ortho intramolecular Hbond substituents is 1. The van der Waals surface area contributed by atoms with Gasteiger partial charge in [0, 0.05) is 5.02 Å². The number of piperidine rings is 1. The van der Waals surface area contributed by atoms with Gasteiger partial charge in [0.15, 0.2) is 0 Å². The van der Waals surface area contributed by atoms with Gasteiger partial charge in [-0.15, -0.1) is 0 Å². The molecule has 16 heavy (non-hydrogen) atoms. The Morgan fingerprint density at radius 3 is 2.75 bits per heavy atom. The predicted molar refractivity (Wildman–Crippen MR) is 67.1 cm³/mol. The van der Waals surface area contributed by atoms with Crippen molar-refractivity contribution in [1.82, 2.24) is 5.32 Å². The Morgan fingerprint density at radius 1 is 1.38 bits per heavy atom. The smallest absolute Gasteiger partial charge is 0.119 e. The molecule has 3 heteroatoms. The number of hydrogen-bond acceptors (Lipinski definition) is 2. The molecule has 2 nitrogen and oxygen atoms in total. The largest absolute Gasteiger partial charge is 0.508 e. The molecule has 0 aliphatic carbocycles. The molecule has 1 heterocycles. The third-order valence-corrected chi connectivity index (χ3v) is 3.81. The highest BCUT2D eigenvalue weighted by Gasteiger charge is 2.23. The molecule has 1 atom stereocenters. The summed E-state index contributed by atoms with van der Waals surface area (Å²) in [5, 5.41) is 13.9. The van der Waals surface area contributed by atoms with Crippen LogP contribution in [0.25, 0.3) is 0 Å². The molecular formula is C13H18ClNO. The van der Waals surface area contributed by atoms with Crippen molar-refractivity contribution in [2.45, 2.75) is 25.7 Å². The van der Waals surface area contributed by atoms with Crippen LogP contribution >= 0.6 is 11.6 Å². The van der Waals surface area contributed by atoms with Gasteiger partial charge in [0.05, 0.1) is 0 Å². The second kappa shape index (κ2) is 5.07. The van der Waals surface area contributed by atoms with Crippen LogP contribution in [0.5, 0.6) is 5.75 Å². The summed E-state index contributed by atoms with van der Waals surface area (Å²) < 4.78 is 0. The minimum Gasteiger partial charge on any atom is -0.508 e. The molecule has 1 saturated heterocycles.